The molecule has 0 bridgehead atoms. The maximum absolute atomic E-state index is 8.85. The van der Waals surface area contributed by atoms with E-state index in [4.69, 9.17) is 29.2 Å². The Morgan fingerprint density at radius 3 is 2.21 bits per heavy atom. The minimum Gasteiger partial charge on any atom is -0.497 e. The maximum Gasteiger partial charge on any atom is 0.184 e. The zero-order valence-corrected chi connectivity index (χ0v) is 19.7. The van der Waals surface area contributed by atoms with Gasteiger partial charge in [-0.2, -0.15) is 0 Å². The van der Waals surface area contributed by atoms with Crippen LogP contribution in [0.3, 0.4) is 0 Å². The first-order valence-electron chi connectivity index (χ1n) is 11.1. The Morgan fingerprint density at radius 1 is 0.970 bits per heavy atom. The average molecular weight is 456 g/mol. The summed E-state index contributed by atoms with van der Waals surface area (Å²) in [4.78, 5) is 2.90. The predicted molar refractivity (Wildman–Crippen MR) is 125 cm³/mol. The molecule has 1 saturated heterocycles. The van der Waals surface area contributed by atoms with E-state index in [9.17, 15) is 0 Å². The smallest absolute Gasteiger partial charge is 0.184 e. The highest BCUT2D eigenvalue weighted by Gasteiger charge is 2.41. The summed E-state index contributed by atoms with van der Waals surface area (Å²) in [5, 5.41) is 3.74. The van der Waals surface area contributed by atoms with E-state index in [0.29, 0.717) is 19.6 Å². The van der Waals surface area contributed by atoms with Gasteiger partial charge in [-0.25, -0.2) is 0 Å². The molecule has 0 aromatic heterocycles. The first kappa shape index (κ1) is 25.0. The van der Waals surface area contributed by atoms with Crippen LogP contribution in [0.15, 0.2) is 59.7 Å². The molecule has 1 heterocycles. The Bertz CT molecular complexity index is 895. The lowest BCUT2D eigenvalue weighted by Crippen LogP contribution is -2.53. The van der Waals surface area contributed by atoms with Gasteiger partial charge in [0, 0.05) is 11.3 Å². The van der Waals surface area contributed by atoms with Gasteiger partial charge in [-0.1, -0.05) is 47.6 Å². The molecule has 33 heavy (non-hydrogen) atoms. The predicted octanol–water partition coefficient (Wildman–Crippen LogP) is 5.41. The Labute approximate surface area is 195 Å². The van der Waals surface area contributed by atoms with E-state index in [1.165, 1.54) is 0 Å². The molecular weight excluding hydrogens is 422 g/mol. The number of hydrogen-bond acceptors (Lipinski definition) is 6. The second kappa shape index (κ2) is 12.0. The molecule has 8 heteroatoms. The number of hydrogen-bond donors (Lipinski definition) is 0. The lowest BCUT2D eigenvalue weighted by molar-refractivity contribution is -0.304. The van der Waals surface area contributed by atoms with Crippen molar-refractivity contribution < 1.29 is 23.7 Å². The van der Waals surface area contributed by atoms with Gasteiger partial charge in [-0.05, 0) is 49.6 Å². The third-order valence-corrected chi connectivity index (χ3v) is 5.22. The summed E-state index contributed by atoms with van der Waals surface area (Å²) in [6, 6.07) is 17.7. The molecule has 0 aliphatic carbocycles. The normalized spacial score (nSPS) is 23.0. The molecule has 0 N–H and O–H groups in total. The van der Waals surface area contributed by atoms with Crippen LogP contribution in [0.1, 0.15) is 38.3 Å². The maximum atomic E-state index is 8.85. The fraction of sp³-hybridized carbons (Fsp3) is 0.520. The summed E-state index contributed by atoms with van der Waals surface area (Å²) in [5.41, 5.74) is 10.5. The SMILES string of the molecule is COc1ccc(CO[C@@H]2C[C@H](OCc3ccccc3)[C@@H](OC(C)(C)C)O[C@H]2CN=[N+]=[N-])cc1. The third-order valence-electron chi connectivity index (χ3n) is 5.22. The lowest BCUT2D eigenvalue weighted by atomic mass is 10.0. The Hall–Kier alpha value is -2.61. The molecular formula is C25H33N3O5. The molecule has 8 nitrogen and oxygen atoms in total. The minimum atomic E-state index is -0.603. The monoisotopic (exact) mass is 455 g/mol. The molecule has 3 rings (SSSR count). The highest BCUT2D eigenvalue weighted by atomic mass is 16.7. The molecule has 2 aromatic rings. The van der Waals surface area contributed by atoms with Crippen molar-refractivity contribution in [3.8, 4) is 5.75 Å². The minimum absolute atomic E-state index is 0.152. The van der Waals surface area contributed by atoms with Gasteiger partial charge >= 0.3 is 0 Å². The first-order chi connectivity index (χ1) is 15.9. The van der Waals surface area contributed by atoms with Crippen molar-refractivity contribution in [1.29, 1.82) is 0 Å². The third kappa shape index (κ3) is 8.03. The second-order valence-electron chi connectivity index (χ2n) is 8.95. The molecule has 2 aromatic carbocycles. The molecule has 0 amide bonds. The summed E-state index contributed by atoms with van der Waals surface area (Å²) in [7, 11) is 1.64. The quantitative estimate of drug-likeness (QED) is 0.271. The van der Waals surface area contributed by atoms with Crippen molar-refractivity contribution in [2.24, 2.45) is 5.11 Å². The summed E-state index contributed by atoms with van der Waals surface area (Å²) in [5.74, 6) is 0.789. The zero-order chi connectivity index (χ0) is 23.7. The van der Waals surface area contributed by atoms with Crippen LogP contribution in [-0.4, -0.2) is 43.9 Å². The van der Waals surface area contributed by atoms with E-state index in [1.54, 1.807) is 7.11 Å². The fourth-order valence-corrected chi connectivity index (χ4v) is 3.59. The average Bonchev–Trinajstić information content (AvgIpc) is 2.81. The van der Waals surface area contributed by atoms with Crippen LogP contribution in [0.5, 0.6) is 5.75 Å². The van der Waals surface area contributed by atoms with E-state index < -0.39 is 18.0 Å². The summed E-state index contributed by atoms with van der Waals surface area (Å²) < 4.78 is 30.1. The Morgan fingerprint density at radius 2 is 1.61 bits per heavy atom. The topological polar surface area (TPSA) is 94.9 Å². The first-order valence-corrected chi connectivity index (χ1v) is 11.1. The fourth-order valence-electron chi connectivity index (χ4n) is 3.59. The van der Waals surface area contributed by atoms with Crippen molar-refractivity contribution >= 4 is 0 Å². The van der Waals surface area contributed by atoms with Gasteiger partial charge < -0.3 is 23.7 Å². The largest absolute Gasteiger partial charge is 0.497 e. The molecule has 1 aliphatic heterocycles. The van der Waals surface area contributed by atoms with Gasteiger partial charge in [-0.15, -0.1) is 0 Å². The molecule has 0 spiro atoms. The van der Waals surface area contributed by atoms with Crippen molar-refractivity contribution in [2.75, 3.05) is 13.7 Å². The van der Waals surface area contributed by atoms with Crippen molar-refractivity contribution in [3.05, 3.63) is 76.2 Å². The lowest BCUT2D eigenvalue weighted by Gasteiger charge is -2.42. The van der Waals surface area contributed by atoms with Gasteiger partial charge in [0.05, 0.1) is 44.7 Å². The number of ether oxygens (including phenoxy) is 5. The molecule has 0 radical (unpaired) electrons. The van der Waals surface area contributed by atoms with Gasteiger partial charge in [-0.3, -0.25) is 0 Å². The number of methoxy groups -OCH3 is 1. The summed E-state index contributed by atoms with van der Waals surface area (Å²) in [6.45, 7) is 6.89. The molecule has 1 aliphatic rings. The van der Waals surface area contributed by atoms with Gasteiger partial charge in [0.2, 0.25) is 0 Å². The Kier molecular flexibility index (Phi) is 9.11. The van der Waals surface area contributed by atoms with Crippen LogP contribution in [-0.2, 0) is 32.2 Å². The molecule has 0 saturated carbocycles. The molecule has 4 atom stereocenters. The van der Waals surface area contributed by atoms with E-state index in [2.05, 4.69) is 10.0 Å². The summed E-state index contributed by atoms with van der Waals surface area (Å²) >= 11 is 0. The van der Waals surface area contributed by atoms with Gasteiger partial charge in [0.25, 0.3) is 0 Å². The number of rotatable bonds is 10. The highest BCUT2D eigenvalue weighted by molar-refractivity contribution is 5.26. The van der Waals surface area contributed by atoms with Crippen LogP contribution in [0, 0.1) is 0 Å². The van der Waals surface area contributed by atoms with Crippen molar-refractivity contribution in [2.45, 2.75) is 70.6 Å². The molecule has 178 valence electrons. The van der Waals surface area contributed by atoms with E-state index >= 15 is 0 Å². The standard InChI is InChI=1S/C25H33N3O5/c1-25(2,3)33-24-22(31-16-18-8-6-5-7-9-18)14-21(23(32-24)15-27-28-26)30-17-19-10-12-20(29-4)13-11-19/h5-13,21-24H,14-17H2,1-4H3/t21-,22+,23+,24-/m1/s1. The van der Waals surface area contributed by atoms with Crippen LogP contribution >= 0.6 is 0 Å². The number of nitrogens with zero attached hydrogens (tertiary/aromatic N) is 3. The molecule has 0 unspecified atom stereocenters. The van der Waals surface area contributed by atoms with Crippen molar-refractivity contribution in [3.63, 3.8) is 0 Å². The van der Waals surface area contributed by atoms with Crippen LogP contribution in [0.4, 0.5) is 0 Å². The van der Waals surface area contributed by atoms with Gasteiger partial charge in [0.15, 0.2) is 6.29 Å². The van der Waals surface area contributed by atoms with E-state index in [0.717, 1.165) is 16.9 Å². The van der Waals surface area contributed by atoms with Crippen LogP contribution in [0.2, 0.25) is 0 Å². The molecule has 1 fully saturated rings. The zero-order valence-electron chi connectivity index (χ0n) is 19.7. The summed E-state index contributed by atoms with van der Waals surface area (Å²) in [6.07, 6.45) is -1.16. The van der Waals surface area contributed by atoms with Gasteiger partial charge in [0.1, 0.15) is 11.9 Å². The highest BCUT2D eigenvalue weighted by Crippen LogP contribution is 2.30. The second-order valence-corrected chi connectivity index (χ2v) is 8.95. The number of azide groups is 1. The van der Waals surface area contributed by atoms with Crippen LogP contribution in [0.25, 0.3) is 10.4 Å². The van der Waals surface area contributed by atoms with Crippen molar-refractivity contribution in [1.82, 2.24) is 0 Å². The van der Waals surface area contributed by atoms with E-state index in [1.807, 2.05) is 75.4 Å². The number of benzene rings is 2. The van der Waals surface area contributed by atoms with E-state index in [-0.39, 0.29) is 18.8 Å². The Balaban J connectivity index is 1.72. The van der Waals surface area contributed by atoms with Crippen LogP contribution < -0.4 is 4.74 Å².